The maximum Gasteiger partial charge on any atom is 0.339 e. The van der Waals surface area contributed by atoms with Crippen molar-refractivity contribution in [2.24, 2.45) is 0 Å². The molecule has 116 valence electrons. The van der Waals surface area contributed by atoms with E-state index >= 15 is 0 Å². The second-order valence-corrected chi connectivity index (χ2v) is 4.84. The van der Waals surface area contributed by atoms with Crippen molar-refractivity contribution >= 4 is 23.4 Å². The first-order valence-corrected chi connectivity index (χ1v) is 6.49. The van der Waals surface area contributed by atoms with Crippen molar-refractivity contribution in [1.29, 1.82) is 0 Å². The van der Waals surface area contributed by atoms with Crippen molar-refractivity contribution in [2.75, 3.05) is 7.11 Å². The molecule has 2 aromatic rings. The molecule has 0 aliphatic carbocycles. The number of hydrogen-bond acceptors (Lipinski definition) is 7. The van der Waals surface area contributed by atoms with Gasteiger partial charge in [0, 0.05) is 17.0 Å². The number of carbonyl (C=O) groups excluding carboxylic acids is 1. The molecule has 1 heterocycles. The highest BCUT2D eigenvalue weighted by atomic mass is 32.2. The largest absolute Gasteiger partial charge is 0.465 e. The molecule has 0 aliphatic heterocycles. The lowest BCUT2D eigenvalue weighted by Crippen LogP contribution is -2.04. The highest BCUT2D eigenvalue weighted by Crippen LogP contribution is 2.31. The van der Waals surface area contributed by atoms with Crippen molar-refractivity contribution in [3.63, 3.8) is 0 Å². The summed E-state index contributed by atoms with van der Waals surface area (Å²) in [7, 11) is 1.12. The van der Waals surface area contributed by atoms with Crippen LogP contribution in [0, 0.1) is 10.1 Å². The fourth-order valence-electron chi connectivity index (χ4n) is 1.49. The van der Waals surface area contributed by atoms with E-state index in [4.69, 9.17) is 0 Å². The van der Waals surface area contributed by atoms with Gasteiger partial charge in [0.1, 0.15) is 0 Å². The fraction of sp³-hybridized carbons (Fsp3) is 0.182. The van der Waals surface area contributed by atoms with Crippen molar-refractivity contribution < 1.29 is 23.2 Å². The maximum atomic E-state index is 12.4. The third-order valence-electron chi connectivity index (χ3n) is 2.47. The van der Waals surface area contributed by atoms with Crippen molar-refractivity contribution in [1.82, 2.24) is 15.2 Å². The van der Waals surface area contributed by atoms with E-state index in [-0.39, 0.29) is 21.3 Å². The van der Waals surface area contributed by atoms with E-state index in [1.165, 1.54) is 12.1 Å². The quantitative estimate of drug-likeness (QED) is 0.509. The molecule has 22 heavy (non-hydrogen) atoms. The number of aromatic nitrogens is 3. The smallest absolute Gasteiger partial charge is 0.339 e. The normalized spacial score (nSPS) is 10.7. The van der Waals surface area contributed by atoms with Gasteiger partial charge < -0.3 is 4.74 Å². The SMILES string of the molecule is COC(=O)c1cc([N+](=O)[O-])ccc1Sc1n[nH]c(C(F)F)n1. The van der Waals surface area contributed by atoms with Crippen LogP contribution in [0.3, 0.4) is 0 Å². The van der Waals surface area contributed by atoms with Gasteiger partial charge in [0.2, 0.25) is 5.16 Å². The zero-order chi connectivity index (χ0) is 16.3. The van der Waals surface area contributed by atoms with E-state index in [9.17, 15) is 23.7 Å². The number of rotatable bonds is 5. The predicted molar refractivity (Wildman–Crippen MR) is 69.9 cm³/mol. The summed E-state index contributed by atoms with van der Waals surface area (Å²) >= 11 is 0.806. The number of methoxy groups -OCH3 is 1. The Morgan fingerprint density at radius 2 is 2.23 bits per heavy atom. The highest BCUT2D eigenvalue weighted by Gasteiger charge is 2.20. The summed E-state index contributed by atoms with van der Waals surface area (Å²) in [5, 5.41) is 16.3. The van der Waals surface area contributed by atoms with Gasteiger partial charge in [-0.2, -0.15) is 4.98 Å². The number of non-ortho nitro benzene ring substituents is 1. The molecule has 0 radical (unpaired) electrons. The minimum absolute atomic E-state index is 0.0469. The van der Waals surface area contributed by atoms with Crippen LogP contribution in [0.1, 0.15) is 22.6 Å². The van der Waals surface area contributed by atoms with Gasteiger partial charge in [-0.25, -0.2) is 13.6 Å². The highest BCUT2D eigenvalue weighted by molar-refractivity contribution is 7.99. The number of hydrogen-bond donors (Lipinski definition) is 1. The van der Waals surface area contributed by atoms with Crippen LogP contribution in [0.15, 0.2) is 28.3 Å². The lowest BCUT2D eigenvalue weighted by molar-refractivity contribution is -0.384. The van der Waals surface area contributed by atoms with Crippen LogP contribution in [-0.4, -0.2) is 33.2 Å². The van der Waals surface area contributed by atoms with E-state index in [1.807, 2.05) is 0 Å². The average Bonchev–Trinajstić information content (AvgIpc) is 2.95. The third kappa shape index (κ3) is 3.36. The molecule has 1 N–H and O–H groups in total. The number of benzene rings is 1. The van der Waals surface area contributed by atoms with Crippen LogP contribution in [0.5, 0.6) is 0 Å². The van der Waals surface area contributed by atoms with Crippen molar-refractivity contribution in [3.05, 3.63) is 39.7 Å². The molecule has 0 bridgehead atoms. The first kappa shape index (κ1) is 15.8. The Balaban J connectivity index is 2.36. The van der Waals surface area contributed by atoms with Gasteiger partial charge in [0.25, 0.3) is 12.1 Å². The van der Waals surface area contributed by atoms with E-state index < -0.39 is 23.1 Å². The van der Waals surface area contributed by atoms with Gasteiger partial charge in [-0.1, -0.05) is 0 Å². The number of aromatic amines is 1. The summed E-state index contributed by atoms with van der Waals surface area (Å²) in [4.78, 5) is 25.6. The molecule has 0 aliphatic rings. The van der Waals surface area contributed by atoms with Crippen LogP contribution < -0.4 is 0 Å². The first-order valence-electron chi connectivity index (χ1n) is 5.67. The van der Waals surface area contributed by atoms with E-state index in [2.05, 4.69) is 19.9 Å². The van der Waals surface area contributed by atoms with Crippen molar-refractivity contribution in [2.45, 2.75) is 16.5 Å². The molecule has 8 nitrogen and oxygen atoms in total. The Kier molecular flexibility index (Phi) is 4.65. The van der Waals surface area contributed by atoms with E-state index in [1.54, 1.807) is 0 Å². The summed E-state index contributed by atoms with van der Waals surface area (Å²) in [5.41, 5.74) is -0.377. The Labute approximate surface area is 126 Å². The molecule has 1 aromatic heterocycles. The van der Waals surface area contributed by atoms with Gasteiger partial charge in [0.15, 0.2) is 5.82 Å². The zero-order valence-electron chi connectivity index (χ0n) is 10.9. The number of nitrogens with zero attached hydrogens (tertiary/aromatic N) is 3. The molecule has 0 amide bonds. The summed E-state index contributed by atoms with van der Waals surface area (Å²) in [6, 6.07) is 3.51. The molecule has 1 aromatic carbocycles. The van der Waals surface area contributed by atoms with Crippen LogP contribution in [0.2, 0.25) is 0 Å². The Morgan fingerprint density at radius 1 is 1.50 bits per heavy atom. The second kappa shape index (κ2) is 6.47. The zero-order valence-corrected chi connectivity index (χ0v) is 11.8. The van der Waals surface area contributed by atoms with Crippen molar-refractivity contribution in [3.8, 4) is 0 Å². The molecule has 0 saturated heterocycles. The van der Waals surface area contributed by atoms with Gasteiger partial charge in [-0.05, 0) is 17.8 Å². The Bertz CT molecular complexity index is 722. The topological polar surface area (TPSA) is 111 Å². The number of ether oxygens (including phenoxy) is 1. The fourth-order valence-corrected chi connectivity index (χ4v) is 2.31. The van der Waals surface area contributed by atoms with Crippen LogP contribution in [0.25, 0.3) is 0 Å². The summed E-state index contributed by atoms with van der Waals surface area (Å²) in [5.74, 6) is -1.40. The van der Waals surface area contributed by atoms with Gasteiger partial charge >= 0.3 is 5.97 Å². The number of H-pyrrole nitrogens is 1. The standard InChI is InChI=1S/C11H8F2N4O4S/c1-21-10(18)6-4-5(17(19)20)2-3-7(6)22-11-14-9(8(12)13)15-16-11/h2-4,8H,1H3,(H,14,15,16). The monoisotopic (exact) mass is 330 g/mol. The first-order chi connectivity index (χ1) is 10.4. The minimum Gasteiger partial charge on any atom is -0.465 e. The molecule has 11 heteroatoms. The number of halogens is 2. The van der Waals surface area contributed by atoms with E-state index in [0.29, 0.717) is 0 Å². The van der Waals surface area contributed by atoms with E-state index in [0.717, 1.165) is 24.9 Å². The third-order valence-corrected chi connectivity index (χ3v) is 3.41. The second-order valence-electron chi connectivity index (χ2n) is 3.84. The van der Waals surface area contributed by atoms with Gasteiger partial charge in [-0.3, -0.25) is 15.2 Å². The van der Waals surface area contributed by atoms with Crippen LogP contribution >= 0.6 is 11.8 Å². The number of nitrogens with one attached hydrogen (secondary N) is 1. The molecule has 0 fully saturated rings. The average molecular weight is 330 g/mol. The molecule has 2 rings (SSSR count). The lowest BCUT2D eigenvalue weighted by atomic mass is 10.2. The molecule has 0 atom stereocenters. The summed E-state index contributed by atoms with van der Waals surface area (Å²) in [6.45, 7) is 0. The molecule has 0 spiro atoms. The van der Waals surface area contributed by atoms with Gasteiger partial charge in [-0.15, -0.1) is 5.10 Å². The number of carbonyl (C=O) groups is 1. The Hall–Kier alpha value is -2.56. The minimum atomic E-state index is -2.81. The maximum absolute atomic E-state index is 12.4. The Morgan fingerprint density at radius 3 is 2.77 bits per heavy atom. The number of esters is 1. The molecular weight excluding hydrogens is 322 g/mol. The molecule has 0 saturated carbocycles. The molecular formula is C11H8F2N4O4S. The number of alkyl halides is 2. The van der Waals surface area contributed by atoms with Gasteiger partial charge in [0.05, 0.1) is 17.6 Å². The lowest BCUT2D eigenvalue weighted by Gasteiger charge is -2.05. The number of nitro benzene ring substituents is 1. The summed E-state index contributed by atoms with van der Waals surface area (Å²) < 4.78 is 29.4. The predicted octanol–water partition coefficient (Wildman–Crippen LogP) is 2.59. The van der Waals surface area contributed by atoms with Crippen LogP contribution in [0.4, 0.5) is 14.5 Å². The van der Waals surface area contributed by atoms with Crippen LogP contribution in [-0.2, 0) is 4.74 Å². The molecule has 0 unspecified atom stereocenters. The number of nitro groups is 1. The summed E-state index contributed by atoms with van der Waals surface area (Å²) in [6.07, 6.45) is -2.81.